The third-order valence-electron chi connectivity index (χ3n) is 3.98. The summed E-state index contributed by atoms with van der Waals surface area (Å²) in [7, 11) is -0.794. The van der Waals surface area contributed by atoms with Crippen LogP contribution in [0.5, 0.6) is 5.88 Å². The van der Waals surface area contributed by atoms with E-state index in [1.807, 2.05) is 20.8 Å². The molecule has 0 radical (unpaired) electrons. The van der Waals surface area contributed by atoms with E-state index in [1.54, 1.807) is 18.3 Å². The van der Waals surface area contributed by atoms with Crippen molar-refractivity contribution in [2.75, 3.05) is 5.75 Å². The van der Waals surface area contributed by atoms with Gasteiger partial charge < -0.3 is 10.1 Å². The number of amides is 1. The second kappa shape index (κ2) is 8.43. The van der Waals surface area contributed by atoms with Crippen LogP contribution >= 0.6 is 0 Å². The third-order valence-corrected chi connectivity index (χ3v) is 5.72. The topological polar surface area (TPSA) is 68.3 Å². The van der Waals surface area contributed by atoms with E-state index in [2.05, 4.69) is 10.3 Å². The van der Waals surface area contributed by atoms with Gasteiger partial charge in [0.1, 0.15) is 5.56 Å². The predicted octanol–water partition coefficient (Wildman–Crippen LogP) is 2.68. The Labute approximate surface area is 140 Å². The molecular formula is C17H26N2O3S. The van der Waals surface area contributed by atoms with Crippen LogP contribution in [0.15, 0.2) is 18.3 Å². The highest BCUT2D eigenvalue weighted by atomic mass is 32.2. The molecule has 1 fully saturated rings. The predicted molar refractivity (Wildman–Crippen MR) is 92.2 cm³/mol. The van der Waals surface area contributed by atoms with Crippen LogP contribution in [0.3, 0.4) is 0 Å². The Morgan fingerprint density at radius 3 is 2.96 bits per heavy atom. The summed E-state index contributed by atoms with van der Waals surface area (Å²) in [5, 5.41) is 3.26. The Morgan fingerprint density at radius 1 is 1.48 bits per heavy atom. The molecule has 23 heavy (non-hydrogen) atoms. The van der Waals surface area contributed by atoms with Gasteiger partial charge >= 0.3 is 0 Å². The zero-order valence-electron chi connectivity index (χ0n) is 14.1. The van der Waals surface area contributed by atoms with Crippen molar-refractivity contribution >= 4 is 16.7 Å². The van der Waals surface area contributed by atoms with E-state index in [9.17, 15) is 9.00 Å². The van der Waals surface area contributed by atoms with Crippen molar-refractivity contribution < 1.29 is 13.7 Å². The molecule has 3 unspecified atom stereocenters. The van der Waals surface area contributed by atoms with Crippen molar-refractivity contribution in [3.05, 3.63) is 23.9 Å². The van der Waals surface area contributed by atoms with Gasteiger partial charge in [0.15, 0.2) is 0 Å². The number of nitrogens with one attached hydrogen (secondary N) is 1. The Bertz CT molecular complexity index is 563. The molecule has 5 nitrogen and oxygen atoms in total. The number of hydrogen-bond donors (Lipinski definition) is 1. The van der Waals surface area contributed by atoms with Gasteiger partial charge in [-0.3, -0.25) is 9.00 Å². The normalized spacial score (nSPS) is 22.6. The van der Waals surface area contributed by atoms with Crippen LogP contribution in [0.1, 0.15) is 56.8 Å². The smallest absolute Gasteiger partial charge is 0.256 e. The molecule has 6 heteroatoms. The molecule has 1 aliphatic carbocycles. The summed E-state index contributed by atoms with van der Waals surface area (Å²) >= 11 is 0. The summed E-state index contributed by atoms with van der Waals surface area (Å²) in [4.78, 5) is 16.7. The average Bonchev–Trinajstić information content (AvgIpc) is 2.54. The first-order valence-electron chi connectivity index (χ1n) is 8.31. The minimum absolute atomic E-state index is 0.0394. The van der Waals surface area contributed by atoms with Gasteiger partial charge in [-0.15, -0.1) is 0 Å². The lowest BCUT2D eigenvalue weighted by Gasteiger charge is -2.29. The van der Waals surface area contributed by atoms with Gasteiger partial charge in [0.05, 0.1) is 6.10 Å². The Balaban J connectivity index is 2.03. The highest BCUT2D eigenvalue weighted by Gasteiger charge is 2.27. The van der Waals surface area contributed by atoms with Gasteiger partial charge in [0.2, 0.25) is 5.88 Å². The number of rotatable bonds is 6. The van der Waals surface area contributed by atoms with Gasteiger partial charge in [-0.25, -0.2) is 4.98 Å². The summed E-state index contributed by atoms with van der Waals surface area (Å²) < 4.78 is 17.6. The molecule has 1 amide bonds. The lowest BCUT2D eigenvalue weighted by molar-refractivity contribution is 0.0921. The average molecular weight is 338 g/mol. The molecule has 1 saturated carbocycles. The number of carbonyl (C=O) groups excluding carboxylic acids is 1. The molecule has 3 atom stereocenters. The number of hydrogen-bond acceptors (Lipinski definition) is 4. The summed E-state index contributed by atoms with van der Waals surface area (Å²) in [5.41, 5.74) is 0.458. The molecule has 0 saturated heterocycles. The number of aromatic nitrogens is 1. The van der Waals surface area contributed by atoms with E-state index < -0.39 is 10.8 Å². The van der Waals surface area contributed by atoms with Gasteiger partial charge in [0, 0.05) is 34.0 Å². The number of nitrogens with zero attached hydrogens (tertiary/aromatic N) is 1. The summed E-state index contributed by atoms with van der Waals surface area (Å²) in [6.45, 7) is 5.76. The standard InChI is InChI=1S/C17H26N2O3S/c1-4-23(21)14-8-5-7-13(11-14)19-16(20)15-9-6-10-18-17(15)22-12(2)3/h6,9-10,12-14H,4-5,7-8,11H2,1-3H3,(H,19,20). The van der Waals surface area contributed by atoms with E-state index in [0.29, 0.717) is 17.2 Å². The third kappa shape index (κ3) is 5.03. The number of carbonyl (C=O) groups is 1. The second-order valence-electron chi connectivity index (χ2n) is 6.15. The Hall–Kier alpha value is -1.43. The first-order valence-corrected chi connectivity index (χ1v) is 9.69. The molecule has 0 aromatic carbocycles. The first-order chi connectivity index (χ1) is 11.0. The largest absolute Gasteiger partial charge is 0.474 e. The van der Waals surface area contributed by atoms with Crippen molar-refractivity contribution in [1.82, 2.24) is 10.3 Å². The van der Waals surface area contributed by atoms with E-state index in [4.69, 9.17) is 4.74 Å². The van der Waals surface area contributed by atoms with Crippen LogP contribution < -0.4 is 10.1 Å². The number of pyridine rings is 1. The molecule has 1 N–H and O–H groups in total. The van der Waals surface area contributed by atoms with Crippen LogP contribution in [0.25, 0.3) is 0 Å². The highest BCUT2D eigenvalue weighted by Crippen LogP contribution is 2.24. The van der Waals surface area contributed by atoms with Crippen molar-refractivity contribution in [2.24, 2.45) is 0 Å². The fourth-order valence-corrected chi connectivity index (χ4v) is 4.24. The number of ether oxygens (including phenoxy) is 1. The van der Waals surface area contributed by atoms with Crippen LogP contribution in [0, 0.1) is 0 Å². The van der Waals surface area contributed by atoms with Crippen LogP contribution in [0.2, 0.25) is 0 Å². The minimum atomic E-state index is -0.794. The molecule has 128 valence electrons. The van der Waals surface area contributed by atoms with Crippen molar-refractivity contribution in [3.8, 4) is 5.88 Å². The van der Waals surface area contributed by atoms with Gasteiger partial charge in [-0.1, -0.05) is 13.3 Å². The zero-order valence-corrected chi connectivity index (χ0v) is 14.9. The van der Waals surface area contributed by atoms with Gasteiger partial charge in [-0.2, -0.15) is 0 Å². The van der Waals surface area contributed by atoms with E-state index in [1.165, 1.54) is 0 Å². The van der Waals surface area contributed by atoms with E-state index >= 15 is 0 Å². The molecular weight excluding hydrogens is 312 g/mol. The quantitative estimate of drug-likeness (QED) is 0.866. The fourth-order valence-electron chi connectivity index (χ4n) is 2.89. The van der Waals surface area contributed by atoms with Crippen LogP contribution in [0.4, 0.5) is 0 Å². The monoisotopic (exact) mass is 338 g/mol. The van der Waals surface area contributed by atoms with Crippen molar-refractivity contribution in [2.45, 2.75) is 63.9 Å². The SMILES string of the molecule is CCS(=O)C1CCCC(NC(=O)c2cccnc2OC(C)C)C1. The van der Waals surface area contributed by atoms with Gasteiger partial charge in [-0.05, 0) is 45.2 Å². The summed E-state index contributed by atoms with van der Waals surface area (Å²) in [6, 6.07) is 3.53. The van der Waals surface area contributed by atoms with E-state index in [0.717, 1.165) is 25.7 Å². The highest BCUT2D eigenvalue weighted by molar-refractivity contribution is 7.85. The molecule has 2 rings (SSSR count). The summed E-state index contributed by atoms with van der Waals surface area (Å²) in [6.07, 6.45) is 5.29. The Morgan fingerprint density at radius 2 is 2.26 bits per heavy atom. The van der Waals surface area contributed by atoms with Crippen LogP contribution in [-0.4, -0.2) is 38.2 Å². The lowest BCUT2D eigenvalue weighted by atomic mass is 9.94. The fraction of sp³-hybridized carbons (Fsp3) is 0.647. The maximum absolute atomic E-state index is 12.6. The molecule has 1 aromatic heterocycles. The molecule has 0 bridgehead atoms. The zero-order chi connectivity index (χ0) is 16.8. The second-order valence-corrected chi connectivity index (χ2v) is 8.16. The van der Waals surface area contributed by atoms with Crippen molar-refractivity contribution in [1.29, 1.82) is 0 Å². The maximum atomic E-state index is 12.6. The Kier molecular flexibility index (Phi) is 6.57. The van der Waals surface area contributed by atoms with Crippen LogP contribution in [-0.2, 0) is 10.8 Å². The van der Waals surface area contributed by atoms with E-state index in [-0.39, 0.29) is 23.3 Å². The lowest BCUT2D eigenvalue weighted by Crippen LogP contribution is -2.41. The first kappa shape index (κ1) is 17.9. The molecule has 1 aromatic rings. The van der Waals surface area contributed by atoms with Gasteiger partial charge in [0.25, 0.3) is 5.91 Å². The minimum Gasteiger partial charge on any atom is -0.474 e. The van der Waals surface area contributed by atoms with Crippen molar-refractivity contribution in [3.63, 3.8) is 0 Å². The maximum Gasteiger partial charge on any atom is 0.256 e. The molecule has 1 aliphatic rings. The summed E-state index contributed by atoms with van der Waals surface area (Å²) in [5.74, 6) is 0.881. The molecule has 1 heterocycles. The molecule has 0 aliphatic heterocycles. The molecule has 0 spiro atoms.